The molecule has 0 bridgehead atoms. The Labute approximate surface area is 86.5 Å². The van der Waals surface area contributed by atoms with Crippen LogP contribution in [0.25, 0.3) is 10.9 Å². The van der Waals surface area contributed by atoms with Crippen molar-refractivity contribution in [2.45, 2.75) is 0 Å². The van der Waals surface area contributed by atoms with Gasteiger partial charge in [0.25, 0.3) is 0 Å². The van der Waals surface area contributed by atoms with Gasteiger partial charge in [0.1, 0.15) is 11.5 Å². The molecule has 0 aliphatic carbocycles. The molecule has 0 saturated heterocycles. The zero-order valence-electron chi connectivity index (χ0n) is 8.53. The fraction of sp³-hybridized carbons (Fsp3) is 0.182. The summed E-state index contributed by atoms with van der Waals surface area (Å²) in [5.74, 6) is 1.21. The molecule has 2 aromatic rings. The van der Waals surface area contributed by atoms with Crippen LogP contribution in [0.3, 0.4) is 0 Å². The molecule has 1 aromatic carbocycles. The van der Waals surface area contributed by atoms with E-state index in [0.717, 1.165) is 0 Å². The van der Waals surface area contributed by atoms with E-state index in [1.165, 1.54) is 6.07 Å². The molecule has 0 aliphatic rings. The normalized spacial score (nSPS) is 10.3. The summed E-state index contributed by atoms with van der Waals surface area (Å²) in [5.41, 5.74) is 0.631. The molecule has 0 atom stereocenters. The molecule has 0 aliphatic heterocycles. The van der Waals surface area contributed by atoms with Crippen molar-refractivity contribution in [2.75, 3.05) is 14.2 Å². The molecule has 0 fully saturated rings. The van der Waals surface area contributed by atoms with Crippen LogP contribution in [0.5, 0.6) is 11.5 Å². The molecule has 1 heterocycles. The first-order valence-corrected chi connectivity index (χ1v) is 4.49. The Morgan fingerprint density at radius 3 is 2.67 bits per heavy atom. The van der Waals surface area contributed by atoms with Crippen LogP contribution in [0.4, 0.5) is 0 Å². The Morgan fingerprint density at radius 1 is 1.20 bits per heavy atom. The molecule has 1 N–H and O–H groups in total. The number of hydrogen-bond acceptors (Lipinski definition) is 3. The fourth-order valence-electron chi connectivity index (χ4n) is 1.50. The van der Waals surface area contributed by atoms with E-state index in [-0.39, 0.29) is 5.43 Å². The molecular formula is C11H11NO3. The quantitative estimate of drug-likeness (QED) is 0.809. The predicted molar refractivity (Wildman–Crippen MR) is 57.7 cm³/mol. The summed E-state index contributed by atoms with van der Waals surface area (Å²) in [6.07, 6.45) is 1.60. The lowest BCUT2D eigenvalue weighted by molar-refractivity contribution is 0.397. The lowest BCUT2D eigenvalue weighted by Crippen LogP contribution is -2.01. The zero-order chi connectivity index (χ0) is 10.8. The van der Waals surface area contributed by atoms with Crippen molar-refractivity contribution in [1.29, 1.82) is 0 Å². The number of aromatic nitrogens is 1. The summed E-state index contributed by atoms with van der Waals surface area (Å²) in [6.45, 7) is 0. The van der Waals surface area contributed by atoms with Gasteiger partial charge in [-0.3, -0.25) is 4.79 Å². The molecular weight excluding hydrogens is 194 g/mol. The summed E-state index contributed by atoms with van der Waals surface area (Å²) >= 11 is 0. The number of aromatic amines is 1. The number of fused-ring (bicyclic) bond motifs is 1. The van der Waals surface area contributed by atoms with Crippen molar-refractivity contribution >= 4 is 10.9 Å². The van der Waals surface area contributed by atoms with Gasteiger partial charge in [0.05, 0.1) is 25.1 Å². The predicted octanol–water partition coefficient (Wildman–Crippen LogP) is 1.55. The number of rotatable bonds is 2. The molecule has 0 radical (unpaired) electrons. The maximum absolute atomic E-state index is 11.6. The second kappa shape index (κ2) is 3.65. The van der Waals surface area contributed by atoms with Crippen LogP contribution in [0.1, 0.15) is 0 Å². The first kappa shape index (κ1) is 9.58. The monoisotopic (exact) mass is 205 g/mol. The first-order chi connectivity index (χ1) is 7.26. The van der Waals surface area contributed by atoms with Crippen LogP contribution >= 0.6 is 0 Å². The van der Waals surface area contributed by atoms with Gasteiger partial charge in [0.15, 0.2) is 5.43 Å². The van der Waals surface area contributed by atoms with Gasteiger partial charge in [-0.2, -0.15) is 0 Å². The van der Waals surface area contributed by atoms with Gasteiger partial charge >= 0.3 is 0 Å². The molecule has 0 amide bonds. The minimum atomic E-state index is -0.0547. The number of pyridine rings is 1. The van der Waals surface area contributed by atoms with Crippen LogP contribution in [0.15, 0.2) is 29.2 Å². The summed E-state index contributed by atoms with van der Waals surface area (Å²) in [7, 11) is 3.11. The van der Waals surface area contributed by atoms with Crippen molar-refractivity contribution in [3.8, 4) is 11.5 Å². The van der Waals surface area contributed by atoms with Gasteiger partial charge in [0, 0.05) is 18.3 Å². The number of nitrogens with one attached hydrogen (secondary N) is 1. The van der Waals surface area contributed by atoms with Crippen molar-refractivity contribution in [3.05, 3.63) is 34.6 Å². The lowest BCUT2D eigenvalue weighted by Gasteiger charge is -2.07. The standard InChI is InChI=1S/C11H11NO3/c1-14-7-5-8-9(13)3-4-12-11(8)10(6-7)15-2/h3-6H,1-2H3,(H,12,13). The highest BCUT2D eigenvalue weighted by Crippen LogP contribution is 2.27. The highest BCUT2D eigenvalue weighted by Gasteiger charge is 2.07. The summed E-state index contributed by atoms with van der Waals surface area (Å²) in [6, 6.07) is 4.90. The van der Waals surface area contributed by atoms with Gasteiger partial charge in [-0.25, -0.2) is 0 Å². The number of ether oxygens (including phenoxy) is 2. The number of benzene rings is 1. The lowest BCUT2D eigenvalue weighted by atomic mass is 10.2. The Morgan fingerprint density at radius 2 is 2.00 bits per heavy atom. The van der Waals surface area contributed by atoms with Crippen molar-refractivity contribution in [1.82, 2.24) is 4.98 Å². The Bertz CT molecular complexity index is 545. The highest BCUT2D eigenvalue weighted by molar-refractivity contribution is 5.85. The average molecular weight is 205 g/mol. The van der Waals surface area contributed by atoms with Crippen LogP contribution in [0.2, 0.25) is 0 Å². The third kappa shape index (κ3) is 1.54. The minimum absolute atomic E-state index is 0.0547. The van der Waals surface area contributed by atoms with Crippen molar-refractivity contribution in [2.24, 2.45) is 0 Å². The second-order valence-electron chi connectivity index (χ2n) is 3.09. The van der Waals surface area contributed by atoms with Crippen molar-refractivity contribution in [3.63, 3.8) is 0 Å². The minimum Gasteiger partial charge on any atom is -0.497 e. The van der Waals surface area contributed by atoms with E-state index < -0.39 is 0 Å². The number of H-pyrrole nitrogens is 1. The van der Waals surface area contributed by atoms with E-state index in [1.807, 2.05) is 0 Å². The van der Waals surface area contributed by atoms with E-state index in [4.69, 9.17) is 9.47 Å². The van der Waals surface area contributed by atoms with Crippen LogP contribution in [0, 0.1) is 0 Å². The van der Waals surface area contributed by atoms with E-state index in [0.29, 0.717) is 22.4 Å². The third-order valence-corrected chi connectivity index (χ3v) is 2.26. The molecule has 0 unspecified atom stereocenters. The first-order valence-electron chi connectivity index (χ1n) is 4.49. The van der Waals surface area contributed by atoms with Gasteiger partial charge in [-0.15, -0.1) is 0 Å². The van der Waals surface area contributed by atoms with E-state index >= 15 is 0 Å². The maximum atomic E-state index is 11.6. The molecule has 15 heavy (non-hydrogen) atoms. The van der Waals surface area contributed by atoms with Gasteiger partial charge in [0.2, 0.25) is 0 Å². The van der Waals surface area contributed by atoms with E-state index in [1.54, 1.807) is 32.5 Å². The van der Waals surface area contributed by atoms with Gasteiger partial charge in [-0.1, -0.05) is 0 Å². The van der Waals surface area contributed by atoms with Crippen molar-refractivity contribution < 1.29 is 9.47 Å². The second-order valence-corrected chi connectivity index (χ2v) is 3.09. The molecule has 4 heteroatoms. The molecule has 78 valence electrons. The maximum Gasteiger partial charge on any atom is 0.189 e. The molecule has 0 saturated carbocycles. The van der Waals surface area contributed by atoms with Gasteiger partial charge in [-0.05, 0) is 6.07 Å². The van der Waals surface area contributed by atoms with Crippen LogP contribution < -0.4 is 14.9 Å². The van der Waals surface area contributed by atoms with Gasteiger partial charge < -0.3 is 14.5 Å². The fourth-order valence-corrected chi connectivity index (χ4v) is 1.50. The highest BCUT2D eigenvalue weighted by atomic mass is 16.5. The van der Waals surface area contributed by atoms with Crippen LogP contribution in [-0.4, -0.2) is 19.2 Å². The largest absolute Gasteiger partial charge is 0.497 e. The summed E-state index contributed by atoms with van der Waals surface area (Å²) in [5, 5.41) is 0.564. The summed E-state index contributed by atoms with van der Waals surface area (Å²) in [4.78, 5) is 14.6. The van der Waals surface area contributed by atoms with Crippen LogP contribution in [-0.2, 0) is 0 Å². The topological polar surface area (TPSA) is 51.3 Å². The van der Waals surface area contributed by atoms with E-state index in [9.17, 15) is 4.79 Å². The Kier molecular flexibility index (Phi) is 2.33. The molecule has 4 nitrogen and oxygen atoms in total. The van der Waals surface area contributed by atoms with E-state index in [2.05, 4.69) is 4.98 Å². The summed E-state index contributed by atoms with van der Waals surface area (Å²) < 4.78 is 10.3. The molecule has 1 aromatic heterocycles. The smallest absolute Gasteiger partial charge is 0.189 e. The Hall–Kier alpha value is -1.97. The third-order valence-electron chi connectivity index (χ3n) is 2.26. The molecule has 0 spiro atoms. The molecule has 2 rings (SSSR count). The SMILES string of the molecule is COc1cc(OC)c2[nH]ccc(=O)c2c1. The Balaban J connectivity index is 2.87. The zero-order valence-corrected chi connectivity index (χ0v) is 8.53. The average Bonchev–Trinajstić information content (AvgIpc) is 2.28. The number of methoxy groups -OCH3 is 2. The number of hydrogen-bond donors (Lipinski definition) is 1.